The maximum Gasteiger partial charge on any atom is 0.242 e. The summed E-state index contributed by atoms with van der Waals surface area (Å²) in [6.45, 7) is 7.48. The zero-order chi connectivity index (χ0) is 27.9. The Labute approximate surface area is 237 Å². The van der Waals surface area contributed by atoms with Gasteiger partial charge in [-0.3, -0.25) is 24.4 Å². The van der Waals surface area contributed by atoms with Crippen molar-refractivity contribution >= 4 is 23.1 Å². The summed E-state index contributed by atoms with van der Waals surface area (Å²) in [4.78, 5) is 37.1. The summed E-state index contributed by atoms with van der Waals surface area (Å²) in [6.07, 6.45) is 8.13. The first kappa shape index (κ1) is 26.5. The van der Waals surface area contributed by atoms with Gasteiger partial charge >= 0.3 is 0 Å². The molecule has 3 aliphatic rings. The number of amides is 1. The van der Waals surface area contributed by atoms with Crippen molar-refractivity contribution in [1.29, 1.82) is 0 Å². The van der Waals surface area contributed by atoms with E-state index in [2.05, 4.69) is 66.3 Å². The minimum Gasteiger partial charge on any atom is -0.357 e. The summed E-state index contributed by atoms with van der Waals surface area (Å²) < 4.78 is 0. The van der Waals surface area contributed by atoms with Crippen LogP contribution >= 0.6 is 0 Å². The fourth-order valence-electron chi connectivity index (χ4n) is 6.71. The number of carbonyl (C=O) groups excluding carboxylic acids is 2. The Balaban J connectivity index is 1.46. The first-order valence-electron chi connectivity index (χ1n) is 14.5. The molecule has 3 aromatic rings. The molecule has 1 amide bonds. The number of ketones is 1. The Morgan fingerprint density at radius 3 is 2.58 bits per heavy atom. The van der Waals surface area contributed by atoms with E-state index in [1.165, 1.54) is 0 Å². The van der Waals surface area contributed by atoms with Crippen molar-refractivity contribution in [1.82, 2.24) is 9.88 Å². The van der Waals surface area contributed by atoms with Gasteiger partial charge in [0.2, 0.25) is 5.91 Å². The Kier molecular flexibility index (Phi) is 7.05. The van der Waals surface area contributed by atoms with Crippen LogP contribution in [0, 0.1) is 12.3 Å². The van der Waals surface area contributed by atoms with Crippen molar-refractivity contribution in [2.45, 2.75) is 65.0 Å². The lowest BCUT2D eigenvalue weighted by molar-refractivity contribution is -0.121. The number of benzene rings is 2. The molecule has 0 bridgehead atoms. The van der Waals surface area contributed by atoms with Crippen LogP contribution in [0.3, 0.4) is 0 Å². The number of hydrogen-bond donors (Lipinski definition) is 1. The van der Waals surface area contributed by atoms with Gasteiger partial charge in [-0.25, -0.2) is 0 Å². The Morgan fingerprint density at radius 2 is 1.80 bits per heavy atom. The summed E-state index contributed by atoms with van der Waals surface area (Å²) in [7, 11) is 0. The number of nitrogens with zero attached hydrogens (tertiary/aromatic N) is 3. The Bertz CT molecular complexity index is 1440. The van der Waals surface area contributed by atoms with Gasteiger partial charge in [0, 0.05) is 36.1 Å². The summed E-state index contributed by atoms with van der Waals surface area (Å²) >= 11 is 0. The van der Waals surface area contributed by atoms with Crippen LogP contribution in [0.5, 0.6) is 0 Å². The second-order valence-electron chi connectivity index (χ2n) is 12.3. The largest absolute Gasteiger partial charge is 0.357 e. The van der Waals surface area contributed by atoms with Crippen LogP contribution in [-0.2, 0) is 9.59 Å². The lowest BCUT2D eigenvalue weighted by Crippen LogP contribution is -2.46. The molecule has 2 atom stereocenters. The SMILES string of the molecule is Cc1ccc([C@H]2C3=C(CC(C)(C)CC3=O)Nc3ccccc3N2C(=O)CN2CCCC[C@H]2c2cccnc2)cc1. The Morgan fingerprint density at radius 1 is 1.00 bits per heavy atom. The first-order chi connectivity index (χ1) is 19.3. The molecule has 6 rings (SSSR count). The number of aryl methyl sites for hydroxylation is 1. The average molecular weight is 535 g/mol. The number of nitrogens with one attached hydrogen (secondary N) is 1. The molecular formula is C34H38N4O2. The molecule has 1 fully saturated rings. The van der Waals surface area contributed by atoms with E-state index in [1.807, 2.05) is 41.4 Å². The van der Waals surface area contributed by atoms with Crippen molar-refractivity contribution in [2.24, 2.45) is 5.41 Å². The molecule has 6 heteroatoms. The van der Waals surface area contributed by atoms with Gasteiger partial charge in [-0.2, -0.15) is 0 Å². The van der Waals surface area contributed by atoms with Crippen LogP contribution in [0.15, 0.2) is 84.3 Å². The molecule has 6 nitrogen and oxygen atoms in total. The van der Waals surface area contributed by atoms with E-state index in [0.717, 1.165) is 71.6 Å². The maximum atomic E-state index is 14.6. The van der Waals surface area contributed by atoms with Crippen LogP contribution in [0.25, 0.3) is 0 Å². The summed E-state index contributed by atoms with van der Waals surface area (Å²) in [5.74, 6) is 0.114. The minimum absolute atomic E-state index is 0.00185. The highest BCUT2D eigenvalue weighted by molar-refractivity contribution is 6.06. The van der Waals surface area contributed by atoms with E-state index < -0.39 is 6.04 Å². The quantitative estimate of drug-likeness (QED) is 0.401. The van der Waals surface area contributed by atoms with Crippen molar-refractivity contribution in [3.8, 4) is 0 Å². The number of fused-ring (bicyclic) bond motifs is 1. The number of hydrogen-bond acceptors (Lipinski definition) is 5. The van der Waals surface area contributed by atoms with E-state index in [4.69, 9.17) is 0 Å². The van der Waals surface area contributed by atoms with Crippen molar-refractivity contribution in [2.75, 3.05) is 23.3 Å². The van der Waals surface area contributed by atoms with Crippen LogP contribution in [0.1, 0.15) is 74.7 Å². The van der Waals surface area contributed by atoms with Crippen LogP contribution < -0.4 is 10.2 Å². The van der Waals surface area contributed by atoms with Crippen molar-refractivity contribution < 1.29 is 9.59 Å². The van der Waals surface area contributed by atoms with Crippen LogP contribution in [0.2, 0.25) is 0 Å². The fourth-order valence-corrected chi connectivity index (χ4v) is 6.71. The van der Waals surface area contributed by atoms with Gasteiger partial charge in [0.1, 0.15) is 0 Å². The smallest absolute Gasteiger partial charge is 0.242 e. The van der Waals surface area contributed by atoms with Gasteiger partial charge in [-0.1, -0.05) is 68.3 Å². The number of piperidine rings is 1. The highest BCUT2D eigenvalue weighted by atomic mass is 16.2. The van der Waals surface area contributed by atoms with Crippen molar-refractivity contribution in [3.63, 3.8) is 0 Å². The van der Waals surface area contributed by atoms with Gasteiger partial charge in [-0.05, 0) is 67.5 Å². The molecule has 0 saturated carbocycles. The molecular weight excluding hydrogens is 496 g/mol. The van der Waals surface area contributed by atoms with Gasteiger partial charge in [0.15, 0.2) is 5.78 Å². The lowest BCUT2D eigenvalue weighted by Gasteiger charge is -2.40. The number of carbonyl (C=O) groups is 2. The molecule has 3 heterocycles. The monoisotopic (exact) mass is 534 g/mol. The molecule has 1 saturated heterocycles. The van der Waals surface area contributed by atoms with E-state index in [-0.39, 0.29) is 29.7 Å². The molecule has 40 heavy (non-hydrogen) atoms. The number of rotatable bonds is 4. The zero-order valence-corrected chi connectivity index (χ0v) is 23.7. The molecule has 2 aliphatic heterocycles. The minimum atomic E-state index is -0.496. The fraction of sp³-hybridized carbons (Fsp3) is 0.382. The van der Waals surface area contributed by atoms with E-state index in [1.54, 1.807) is 6.20 Å². The van der Waals surface area contributed by atoms with Crippen molar-refractivity contribution in [3.05, 3.63) is 101 Å². The molecule has 206 valence electrons. The summed E-state index contributed by atoms with van der Waals surface area (Å²) in [5.41, 5.74) is 6.43. The summed E-state index contributed by atoms with van der Waals surface area (Å²) in [6, 6.07) is 20.0. The summed E-state index contributed by atoms with van der Waals surface area (Å²) in [5, 5.41) is 3.62. The number of aromatic nitrogens is 1. The standard InChI is InChI=1S/C34H38N4O2/c1-23-13-15-24(16-14-23)33-32-27(19-34(2,3)20-30(32)39)36-26-10-4-5-12-29(26)38(33)31(40)22-37-18-7-6-11-28(37)25-9-8-17-35-21-25/h4-5,8-10,12-17,21,28,33,36H,6-7,11,18-20,22H2,1-3H3/t28-,33-/m0/s1. The number of likely N-dealkylation sites (tertiary alicyclic amines) is 1. The first-order valence-corrected chi connectivity index (χ1v) is 14.5. The molecule has 0 radical (unpaired) electrons. The average Bonchev–Trinajstić information content (AvgIpc) is 3.08. The molecule has 1 N–H and O–H groups in total. The van der Waals surface area contributed by atoms with E-state index in [9.17, 15) is 9.59 Å². The third-order valence-electron chi connectivity index (χ3n) is 8.58. The van der Waals surface area contributed by atoms with E-state index in [0.29, 0.717) is 6.42 Å². The number of pyridine rings is 1. The van der Waals surface area contributed by atoms with Gasteiger partial charge in [-0.15, -0.1) is 0 Å². The highest BCUT2D eigenvalue weighted by Gasteiger charge is 2.43. The number of para-hydroxylation sites is 2. The Hall–Kier alpha value is -3.77. The predicted molar refractivity (Wildman–Crippen MR) is 159 cm³/mol. The second-order valence-corrected chi connectivity index (χ2v) is 12.3. The highest BCUT2D eigenvalue weighted by Crippen LogP contribution is 2.48. The molecule has 1 aliphatic carbocycles. The second kappa shape index (κ2) is 10.7. The van der Waals surface area contributed by atoms with Gasteiger partial charge < -0.3 is 5.32 Å². The third-order valence-corrected chi connectivity index (χ3v) is 8.58. The number of Topliss-reactive ketones (excluding diaryl/α,β-unsaturated/α-hetero) is 1. The molecule has 2 aromatic carbocycles. The number of anilines is 2. The molecule has 1 aromatic heterocycles. The molecule has 0 spiro atoms. The molecule has 0 unspecified atom stereocenters. The van der Waals surface area contributed by atoms with E-state index >= 15 is 0 Å². The maximum absolute atomic E-state index is 14.6. The van der Waals surface area contributed by atoms with Gasteiger partial charge in [0.05, 0.1) is 24.0 Å². The lowest BCUT2D eigenvalue weighted by atomic mass is 9.73. The van der Waals surface area contributed by atoms with Gasteiger partial charge in [0.25, 0.3) is 0 Å². The van der Waals surface area contributed by atoms with Crippen LogP contribution in [-0.4, -0.2) is 34.7 Å². The predicted octanol–water partition coefficient (Wildman–Crippen LogP) is 6.76. The van der Waals surface area contributed by atoms with Crippen LogP contribution in [0.4, 0.5) is 11.4 Å². The topological polar surface area (TPSA) is 65.5 Å². The third kappa shape index (κ3) is 5.08. The normalized spacial score (nSPS) is 22.7. The zero-order valence-electron chi connectivity index (χ0n) is 23.7. The number of allylic oxidation sites excluding steroid dienone is 1.